The summed E-state index contributed by atoms with van der Waals surface area (Å²) in [5.41, 5.74) is 0.487. The van der Waals surface area contributed by atoms with Crippen molar-refractivity contribution < 1.29 is 27.6 Å². The molecule has 0 atom stereocenters. The second kappa shape index (κ2) is 9.14. The van der Waals surface area contributed by atoms with Crippen LogP contribution in [0.1, 0.15) is 15.9 Å². The largest absolute Gasteiger partial charge is 0.477 e. The van der Waals surface area contributed by atoms with E-state index < -0.39 is 24.2 Å². The van der Waals surface area contributed by atoms with Crippen LogP contribution >= 0.6 is 11.6 Å². The molecule has 1 amide bonds. The molecule has 3 heterocycles. The Morgan fingerprint density at radius 1 is 1.15 bits per heavy atom. The Morgan fingerprint density at radius 3 is 2.65 bits per heavy atom. The first-order chi connectivity index (χ1) is 16.1. The molecule has 0 aliphatic heterocycles. The van der Waals surface area contributed by atoms with Crippen LogP contribution in [-0.4, -0.2) is 33.1 Å². The maximum Gasteiger partial charge on any atom is 0.405 e. The fourth-order valence-electron chi connectivity index (χ4n) is 3.47. The van der Waals surface area contributed by atoms with E-state index in [4.69, 9.17) is 11.6 Å². The monoisotopic (exact) mass is 489 g/mol. The van der Waals surface area contributed by atoms with E-state index in [0.29, 0.717) is 16.4 Å². The van der Waals surface area contributed by atoms with Crippen LogP contribution in [0, 0.1) is 0 Å². The third kappa shape index (κ3) is 4.86. The molecule has 34 heavy (non-hydrogen) atoms. The lowest BCUT2D eigenvalue weighted by molar-refractivity contribution is -0.671. The number of benzene rings is 1. The molecule has 0 unspecified atom stereocenters. The van der Waals surface area contributed by atoms with Gasteiger partial charge >= 0.3 is 11.7 Å². The number of rotatable bonds is 5. The number of amides is 1. The van der Waals surface area contributed by atoms with Gasteiger partial charge in [-0.2, -0.15) is 22.1 Å². The molecule has 0 radical (unpaired) electrons. The van der Waals surface area contributed by atoms with Crippen LogP contribution in [0.2, 0.25) is 5.15 Å². The summed E-state index contributed by atoms with van der Waals surface area (Å²) in [6, 6.07) is 13.8. The predicted octanol–water partition coefficient (Wildman–Crippen LogP) is 3.35. The predicted molar refractivity (Wildman–Crippen MR) is 118 cm³/mol. The van der Waals surface area contributed by atoms with Gasteiger partial charge in [-0.1, -0.05) is 35.9 Å². The standard InChI is InChI=1S/C23H16ClF3N4O3/c24-17-8-7-14(11-28-17)12-31-18-6-1-2-9-30(18)21(33)19(22(31)34)15-4-3-5-16(10-15)20(32)29-13-23(25,26)27/h1-11H,12-13H2,(H-,29,32,33,34)/p+1. The Kier molecular flexibility index (Phi) is 6.25. The number of hydrogen-bond acceptors (Lipinski definition) is 4. The second-order valence-electron chi connectivity index (χ2n) is 7.39. The number of carbonyl (C=O) groups excluding carboxylic acids is 1. The van der Waals surface area contributed by atoms with Gasteiger partial charge in [0, 0.05) is 23.4 Å². The number of alkyl halides is 3. The van der Waals surface area contributed by atoms with E-state index in [0.717, 1.165) is 0 Å². The lowest BCUT2D eigenvalue weighted by atomic mass is 10.0. The number of nitrogens with one attached hydrogen (secondary N) is 1. The van der Waals surface area contributed by atoms with Crippen molar-refractivity contribution in [3.05, 3.63) is 93.6 Å². The highest BCUT2D eigenvalue weighted by Crippen LogP contribution is 2.25. The van der Waals surface area contributed by atoms with Crippen LogP contribution in [0.5, 0.6) is 5.88 Å². The molecule has 0 aliphatic rings. The van der Waals surface area contributed by atoms with Crippen molar-refractivity contribution in [3.8, 4) is 17.0 Å². The first kappa shape index (κ1) is 23.2. The number of aromatic nitrogens is 3. The van der Waals surface area contributed by atoms with E-state index in [2.05, 4.69) is 4.98 Å². The molecule has 4 rings (SSSR count). The first-order valence-corrected chi connectivity index (χ1v) is 10.3. The Bertz CT molecular complexity index is 1440. The van der Waals surface area contributed by atoms with Crippen molar-refractivity contribution in [1.29, 1.82) is 0 Å². The number of carbonyl (C=O) groups is 1. The normalized spacial score (nSPS) is 11.5. The molecule has 0 saturated carbocycles. The van der Waals surface area contributed by atoms with Crippen molar-refractivity contribution in [2.24, 2.45) is 0 Å². The summed E-state index contributed by atoms with van der Waals surface area (Å²) in [6.07, 6.45) is -1.51. The number of fused-ring (bicyclic) bond motifs is 1. The van der Waals surface area contributed by atoms with Gasteiger partial charge < -0.3 is 10.4 Å². The minimum atomic E-state index is -4.56. The topological polar surface area (TPSA) is 87.6 Å². The molecule has 3 aromatic heterocycles. The Hall–Kier alpha value is -3.92. The molecular formula is C23H17ClF3N4O3+. The van der Waals surface area contributed by atoms with Gasteiger partial charge in [0.1, 0.15) is 18.2 Å². The minimum Gasteiger partial charge on any atom is -0.477 e. The summed E-state index contributed by atoms with van der Waals surface area (Å²) in [6.45, 7) is -1.35. The van der Waals surface area contributed by atoms with Crippen molar-refractivity contribution in [2.75, 3.05) is 6.54 Å². The van der Waals surface area contributed by atoms with E-state index >= 15 is 0 Å². The quantitative estimate of drug-likeness (QED) is 0.332. The molecule has 11 heteroatoms. The van der Waals surface area contributed by atoms with Crippen molar-refractivity contribution >= 4 is 23.2 Å². The first-order valence-electron chi connectivity index (χ1n) is 9.96. The summed E-state index contributed by atoms with van der Waals surface area (Å²) in [4.78, 5) is 29.5. The smallest absolute Gasteiger partial charge is 0.405 e. The number of hydrogen-bond donors (Lipinski definition) is 2. The van der Waals surface area contributed by atoms with Crippen LogP contribution in [0.15, 0.2) is 71.8 Å². The van der Waals surface area contributed by atoms with Crippen LogP contribution in [0.3, 0.4) is 0 Å². The zero-order valence-electron chi connectivity index (χ0n) is 17.4. The van der Waals surface area contributed by atoms with Crippen molar-refractivity contribution in [1.82, 2.24) is 14.7 Å². The van der Waals surface area contributed by atoms with Gasteiger partial charge in [0.2, 0.25) is 0 Å². The summed E-state index contributed by atoms with van der Waals surface area (Å²) >= 11 is 5.85. The molecule has 0 aliphatic carbocycles. The zero-order valence-corrected chi connectivity index (χ0v) is 18.1. The summed E-state index contributed by atoms with van der Waals surface area (Å²) < 4.78 is 40.2. The molecule has 2 N–H and O–H groups in total. The van der Waals surface area contributed by atoms with E-state index in [-0.39, 0.29) is 29.1 Å². The van der Waals surface area contributed by atoms with Crippen LogP contribution < -0.4 is 15.4 Å². The number of pyridine rings is 2. The Balaban J connectivity index is 1.83. The molecule has 1 aromatic carbocycles. The van der Waals surface area contributed by atoms with E-state index in [9.17, 15) is 27.9 Å². The average molecular weight is 490 g/mol. The molecule has 7 nitrogen and oxygen atoms in total. The third-order valence-corrected chi connectivity index (χ3v) is 5.24. The SMILES string of the molecule is O=C(NCC(F)(F)F)c1cccc(-c2c(O)[n+](Cc3ccc(Cl)nc3)c3ccccn3c2=O)c1. The maximum absolute atomic E-state index is 13.2. The molecule has 0 saturated heterocycles. The summed E-state index contributed by atoms with van der Waals surface area (Å²) in [5, 5.41) is 13.2. The van der Waals surface area contributed by atoms with Gasteiger partial charge in [-0.15, -0.1) is 0 Å². The lowest BCUT2D eigenvalue weighted by Gasteiger charge is -2.11. The molecule has 4 aromatic rings. The molecular weight excluding hydrogens is 473 g/mol. The zero-order chi connectivity index (χ0) is 24.5. The molecule has 0 bridgehead atoms. The van der Waals surface area contributed by atoms with Gasteiger partial charge in [-0.05, 0) is 29.8 Å². The van der Waals surface area contributed by atoms with E-state index in [1.807, 2.05) is 0 Å². The van der Waals surface area contributed by atoms with Gasteiger partial charge in [-0.25, -0.2) is 9.78 Å². The van der Waals surface area contributed by atoms with Gasteiger partial charge in [-0.3, -0.25) is 4.79 Å². The number of halogens is 4. The Labute approximate surface area is 195 Å². The highest BCUT2D eigenvalue weighted by Gasteiger charge is 2.29. The highest BCUT2D eigenvalue weighted by molar-refractivity contribution is 6.29. The van der Waals surface area contributed by atoms with E-state index in [1.165, 1.54) is 45.6 Å². The van der Waals surface area contributed by atoms with Crippen LogP contribution in [0.4, 0.5) is 13.2 Å². The number of nitrogens with zero attached hydrogens (tertiary/aromatic N) is 3. The molecule has 0 spiro atoms. The lowest BCUT2D eigenvalue weighted by Crippen LogP contribution is -2.41. The number of aromatic hydroxyl groups is 1. The third-order valence-electron chi connectivity index (χ3n) is 5.02. The van der Waals surface area contributed by atoms with Crippen molar-refractivity contribution in [2.45, 2.75) is 12.7 Å². The highest BCUT2D eigenvalue weighted by atomic mass is 35.5. The summed E-state index contributed by atoms with van der Waals surface area (Å²) in [5.74, 6) is -1.33. The second-order valence-corrected chi connectivity index (χ2v) is 7.77. The Morgan fingerprint density at radius 2 is 1.94 bits per heavy atom. The molecule has 174 valence electrons. The fraction of sp³-hybridized carbons (Fsp3) is 0.130. The molecule has 0 fully saturated rings. The van der Waals surface area contributed by atoms with Gasteiger partial charge in [0.05, 0.1) is 6.20 Å². The summed E-state index contributed by atoms with van der Waals surface area (Å²) in [7, 11) is 0. The van der Waals surface area contributed by atoms with Gasteiger partial charge in [0.25, 0.3) is 17.4 Å². The minimum absolute atomic E-state index is 0.0906. The van der Waals surface area contributed by atoms with Gasteiger partial charge in [0.15, 0.2) is 5.56 Å². The maximum atomic E-state index is 13.2. The van der Waals surface area contributed by atoms with Crippen LogP contribution in [-0.2, 0) is 6.54 Å². The van der Waals surface area contributed by atoms with Crippen molar-refractivity contribution in [3.63, 3.8) is 0 Å². The van der Waals surface area contributed by atoms with Crippen LogP contribution in [0.25, 0.3) is 16.8 Å². The average Bonchev–Trinajstić information content (AvgIpc) is 2.81. The van der Waals surface area contributed by atoms with E-state index in [1.54, 1.807) is 35.6 Å². The fourth-order valence-corrected chi connectivity index (χ4v) is 3.59.